The van der Waals surface area contributed by atoms with E-state index in [4.69, 9.17) is 16.3 Å². The van der Waals surface area contributed by atoms with Crippen LogP contribution in [0.15, 0.2) is 61.3 Å². The Labute approximate surface area is 189 Å². The van der Waals surface area contributed by atoms with Gasteiger partial charge in [-0.05, 0) is 42.5 Å². The minimum absolute atomic E-state index is 0.254. The number of morpholine rings is 1. The number of hydrogen-bond acceptors (Lipinski definition) is 6. The molecule has 1 aromatic heterocycles. The molecule has 1 aliphatic rings. The highest BCUT2D eigenvalue weighted by atomic mass is 35.5. The summed E-state index contributed by atoms with van der Waals surface area (Å²) in [6.07, 6.45) is 2.56. The fraction of sp³-hybridized carbons (Fsp3) is 0.174. The Morgan fingerprint density at radius 3 is 2.78 bits per heavy atom. The lowest BCUT2D eigenvalue weighted by Crippen LogP contribution is -2.36. The number of rotatable bonds is 6. The Morgan fingerprint density at radius 2 is 2.00 bits per heavy atom. The van der Waals surface area contributed by atoms with Crippen LogP contribution in [0.4, 0.5) is 27.4 Å². The summed E-state index contributed by atoms with van der Waals surface area (Å²) in [6.45, 7) is 6.45. The van der Waals surface area contributed by atoms with Crippen LogP contribution in [0.2, 0.25) is 5.02 Å². The minimum Gasteiger partial charge on any atom is -0.378 e. The maximum absolute atomic E-state index is 14.2. The van der Waals surface area contributed by atoms with E-state index in [-0.39, 0.29) is 10.7 Å². The number of halogens is 2. The number of benzene rings is 2. The molecule has 2 heterocycles. The fourth-order valence-electron chi connectivity index (χ4n) is 3.35. The Morgan fingerprint density at radius 1 is 1.19 bits per heavy atom. The van der Waals surface area contributed by atoms with Crippen LogP contribution >= 0.6 is 11.6 Å². The first-order valence-corrected chi connectivity index (χ1v) is 10.4. The molecule has 0 aliphatic carbocycles. The van der Waals surface area contributed by atoms with E-state index in [1.807, 2.05) is 24.3 Å². The number of nitrogens with zero attached hydrogens (tertiary/aromatic N) is 3. The number of amides is 1. The molecule has 0 radical (unpaired) electrons. The highest BCUT2D eigenvalue weighted by Crippen LogP contribution is 2.30. The van der Waals surface area contributed by atoms with E-state index < -0.39 is 11.7 Å². The van der Waals surface area contributed by atoms with Gasteiger partial charge in [-0.3, -0.25) is 4.79 Å². The van der Waals surface area contributed by atoms with Gasteiger partial charge in [-0.2, -0.15) is 0 Å². The molecule has 0 atom stereocenters. The number of carbonyl (C=O) groups is 1. The predicted molar refractivity (Wildman–Crippen MR) is 124 cm³/mol. The number of hydrogen-bond donors (Lipinski definition) is 2. The molecule has 2 aromatic carbocycles. The Kier molecular flexibility index (Phi) is 6.63. The Balaban J connectivity index is 1.60. The molecule has 0 unspecified atom stereocenters. The van der Waals surface area contributed by atoms with Crippen LogP contribution in [-0.2, 0) is 9.53 Å². The van der Waals surface area contributed by atoms with E-state index >= 15 is 0 Å². The number of carbonyl (C=O) groups excluding carboxylic acids is 1. The summed E-state index contributed by atoms with van der Waals surface area (Å²) in [5.74, 6) is -0.674. The van der Waals surface area contributed by atoms with Gasteiger partial charge in [0.05, 0.1) is 30.1 Å². The van der Waals surface area contributed by atoms with Crippen molar-refractivity contribution in [3.05, 3.63) is 72.2 Å². The summed E-state index contributed by atoms with van der Waals surface area (Å²) < 4.78 is 19.6. The van der Waals surface area contributed by atoms with Gasteiger partial charge in [0.1, 0.15) is 5.82 Å². The number of anilines is 4. The molecule has 4 rings (SSSR count). The smallest absolute Gasteiger partial charge is 0.247 e. The molecule has 1 saturated heterocycles. The first kappa shape index (κ1) is 21.7. The number of nitrogens with one attached hydrogen (secondary N) is 2. The minimum atomic E-state index is -0.538. The largest absolute Gasteiger partial charge is 0.378 e. The summed E-state index contributed by atoms with van der Waals surface area (Å²) in [7, 11) is 0. The third kappa shape index (κ3) is 5.22. The van der Waals surface area contributed by atoms with E-state index in [0.29, 0.717) is 30.4 Å². The molecule has 7 nitrogen and oxygen atoms in total. The monoisotopic (exact) mass is 453 g/mol. The zero-order valence-electron chi connectivity index (χ0n) is 17.1. The van der Waals surface area contributed by atoms with Crippen LogP contribution in [0, 0.1) is 5.82 Å². The van der Waals surface area contributed by atoms with Crippen molar-refractivity contribution in [1.82, 2.24) is 9.97 Å². The van der Waals surface area contributed by atoms with Crippen LogP contribution in [0.5, 0.6) is 0 Å². The summed E-state index contributed by atoms with van der Waals surface area (Å²) in [5.41, 5.74) is 2.89. The normalized spacial score (nSPS) is 13.5. The lowest BCUT2D eigenvalue weighted by molar-refractivity contribution is -0.111. The van der Waals surface area contributed by atoms with Crippen molar-refractivity contribution in [2.45, 2.75) is 0 Å². The second kappa shape index (κ2) is 9.76. The van der Waals surface area contributed by atoms with Crippen LogP contribution in [0.3, 0.4) is 0 Å². The van der Waals surface area contributed by atoms with E-state index in [9.17, 15) is 9.18 Å². The number of ether oxygens (including phenoxy) is 1. The second-order valence-corrected chi connectivity index (χ2v) is 7.49. The van der Waals surface area contributed by atoms with Gasteiger partial charge in [-0.1, -0.05) is 24.2 Å². The van der Waals surface area contributed by atoms with Crippen molar-refractivity contribution in [1.29, 1.82) is 0 Å². The lowest BCUT2D eigenvalue weighted by atomic mass is 10.1. The summed E-state index contributed by atoms with van der Waals surface area (Å²) in [4.78, 5) is 22.5. The van der Waals surface area contributed by atoms with Crippen molar-refractivity contribution in [3.63, 3.8) is 0 Å². The summed E-state index contributed by atoms with van der Waals surface area (Å²) >= 11 is 6.30. The van der Waals surface area contributed by atoms with Crippen molar-refractivity contribution in [2.24, 2.45) is 0 Å². The summed E-state index contributed by atoms with van der Waals surface area (Å²) in [5, 5.41) is 5.97. The van der Waals surface area contributed by atoms with Gasteiger partial charge in [0.2, 0.25) is 11.9 Å². The van der Waals surface area contributed by atoms with Crippen LogP contribution < -0.4 is 15.5 Å². The third-order valence-corrected chi connectivity index (χ3v) is 5.12. The molecule has 2 N–H and O–H groups in total. The third-order valence-electron chi connectivity index (χ3n) is 4.85. The first-order chi connectivity index (χ1) is 15.5. The van der Waals surface area contributed by atoms with Crippen molar-refractivity contribution < 1.29 is 13.9 Å². The van der Waals surface area contributed by atoms with Gasteiger partial charge < -0.3 is 20.3 Å². The van der Waals surface area contributed by atoms with Crippen LogP contribution in [0.25, 0.3) is 11.3 Å². The number of aromatic nitrogens is 2. The Hall–Kier alpha value is -3.49. The molecule has 3 aromatic rings. The topological polar surface area (TPSA) is 79.4 Å². The molecule has 0 saturated carbocycles. The van der Waals surface area contributed by atoms with E-state index in [2.05, 4.69) is 32.1 Å². The fourth-order valence-corrected chi connectivity index (χ4v) is 3.55. The maximum Gasteiger partial charge on any atom is 0.247 e. The van der Waals surface area contributed by atoms with Gasteiger partial charge in [-0.25, -0.2) is 14.4 Å². The predicted octanol–water partition coefficient (Wildman–Crippen LogP) is 4.64. The molecule has 32 heavy (non-hydrogen) atoms. The zero-order chi connectivity index (χ0) is 22.5. The van der Waals surface area contributed by atoms with E-state index in [1.54, 1.807) is 6.07 Å². The van der Waals surface area contributed by atoms with Gasteiger partial charge in [0, 0.05) is 35.7 Å². The van der Waals surface area contributed by atoms with Crippen molar-refractivity contribution >= 4 is 40.5 Å². The average Bonchev–Trinajstić information content (AvgIpc) is 2.80. The Bertz CT molecular complexity index is 1150. The highest BCUT2D eigenvalue weighted by Gasteiger charge is 2.14. The first-order valence-electron chi connectivity index (χ1n) is 9.98. The SMILES string of the molecule is C=CC(=O)Nc1cc(F)cc(-c2nc(Nc3cccc(N4CCOCC4)c3)ncc2Cl)c1. The standard InChI is InChI=1S/C23H21ClFN5O2/c1-2-21(31)27-18-11-15(10-16(25)12-18)22-20(24)14-26-23(29-22)28-17-4-3-5-19(13-17)30-6-8-32-9-7-30/h2-5,10-14H,1,6-9H2,(H,27,31)(H,26,28,29). The van der Waals surface area contributed by atoms with Crippen molar-refractivity contribution in [2.75, 3.05) is 41.8 Å². The molecule has 9 heteroatoms. The average molecular weight is 454 g/mol. The van der Waals surface area contributed by atoms with Gasteiger partial charge in [0.25, 0.3) is 0 Å². The van der Waals surface area contributed by atoms with Crippen molar-refractivity contribution in [3.8, 4) is 11.3 Å². The van der Waals surface area contributed by atoms with E-state index in [1.165, 1.54) is 18.3 Å². The van der Waals surface area contributed by atoms with Gasteiger partial charge in [-0.15, -0.1) is 0 Å². The quantitative estimate of drug-likeness (QED) is 0.529. The molecule has 1 amide bonds. The van der Waals surface area contributed by atoms with Crippen LogP contribution in [0.1, 0.15) is 0 Å². The van der Waals surface area contributed by atoms with Crippen LogP contribution in [-0.4, -0.2) is 42.2 Å². The van der Waals surface area contributed by atoms with Gasteiger partial charge in [0.15, 0.2) is 0 Å². The molecule has 0 spiro atoms. The lowest BCUT2D eigenvalue weighted by Gasteiger charge is -2.29. The second-order valence-electron chi connectivity index (χ2n) is 7.09. The van der Waals surface area contributed by atoms with E-state index in [0.717, 1.165) is 30.5 Å². The molecule has 0 bridgehead atoms. The van der Waals surface area contributed by atoms with Gasteiger partial charge >= 0.3 is 0 Å². The highest BCUT2D eigenvalue weighted by molar-refractivity contribution is 6.33. The maximum atomic E-state index is 14.2. The molecule has 1 aliphatic heterocycles. The molecular weight excluding hydrogens is 433 g/mol. The zero-order valence-corrected chi connectivity index (χ0v) is 17.9. The molecule has 164 valence electrons. The summed E-state index contributed by atoms with van der Waals surface area (Å²) in [6, 6.07) is 12.0. The molecule has 1 fully saturated rings. The molecular formula is C23H21ClFN5O2.